The molecule has 4 nitrogen and oxygen atoms in total. The van der Waals surface area contributed by atoms with Crippen molar-refractivity contribution in [2.24, 2.45) is 0 Å². The molecule has 138 valence electrons. The summed E-state index contributed by atoms with van der Waals surface area (Å²) in [5.41, 5.74) is 0.403. The van der Waals surface area contributed by atoms with Gasteiger partial charge in [-0.25, -0.2) is 0 Å². The standard InChI is InChI=1S/C19H27ClN2O2S/c1-25-13-12-17(19(24)21-14-8-4-2-3-5-9-14)22-18(23)15-10-6-7-11-16(15)20/h6-7,10-11,14,17H,2-5,8-9,12-13H2,1H3,(H,21,24)(H,22,23)/t17-/m0/s1. The van der Waals surface area contributed by atoms with Gasteiger partial charge in [-0.2, -0.15) is 11.8 Å². The highest BCUT2D eigenvalue weighted by Crippen LogP contribution is 2.18. The van der Waals surface area contributed by atoms with E-state index in [1.165, 1.54) is 12.8 Å². The molecule has 0 aliphatic heterocycles. The molecule has 0 aromatic heterocycles. The molecule has 0 unspecified atom stereocenters. The van der Waals surface area contributed by atoms with Crippen molar-refractivity contribution in [2.45, 2.75) is 57.0 Å². The van der Waals surface area contributed by atoms with E-state index in [1.54, 1.807) is 36.0 Å². The fraction of sp³-hybridized carbons (Fsp3) is 0.579. The summed E-state index contributed by atoms with van der Waals surface area (Å²) < 4.78 is 0. The first-order chi connectivity index (χ1) is 12.1. The highest BCUT2D eigenvalue weighted by atomic mass is 35.5. The summed E-state index contributed by atoms with van der Waals surface area (Å²) in [7, 11) is 0. The molecule has 2 amide bonds. The Hall–Kier alpha value is -1.20. The van der Waals surface area contributed by atoms with E-state index in [4.69, 9.17) is 11.6 Å². The minimum absolute atomic E-state index is 0.0821. The average Bonchev–Trinajstić information content (AvgIpc) is 2.87. The van der Waals surface area contributed by atoms with Crippen LogP contribution >= 0.6 is 23.4 Å². The maximum Gasteiger partial charge on any atom is 0.253 e. The maximum absolute atomic E-state index is 12.7. The highest BCUT2D eigenvalue weighted by Gasteiger charge is 2.24. The number of amides is 2. The third kappa shape index (κ3) is 6.55. The van der Waals surface area contributed by atoms with Crippen LogP contribution in [0.4, 0.5) is 0 Å². The molecule has 2 N–H and O–H groups in total. The molecule has 1 aliphatic rings. The van der Waals surface area contributed by atoms with Crippen LogP contribution in [-0.4, -0.2) is 35.9 Å². The largest absolute Gasteiger partial charge is 0.352 e. The van der Waals surface area contributed by atoms with E-state index in [-0.39, 0.29) is 17.9 Å². The van der Waals surface area contributed by atoms with Crippen molar-refractivity contribution in [3.63, 3.8) is 0 Å². The first-order valence-corrected chi connectivity index (χ1v) is 10.7. The van der Waals surface area contributed by atoms with Gasteiger partial charge in [0.2, 0.25) is 5.91 Å². The van der Waals surface area contributed by atoms with Gasteiger partial charge in [-0.3, -0.25) is 9.59 Å². The van der Waals surface area contributed by atoms with Crippen LogP contribution in [-0.2, 0) is 4.79 Å². The summed E-state index contributed by atoms with van der Waals surface area (Å²) in [6, 6.07) is 6.60. The van der Waals surface area contributed by atoms with Crippen molar-refractivity contribution in [3.8, 4) is 0 Å². The Morgan fingerprint density at radius 2 is 1.88 bits per heavy atom. The quantitative estimate of drug-likeness (QED) is 0.700. The van der Waals surface area contributed by atoms with Gasteiger partial charge in [0.05, 0.1) is 10.6 Å². The molecule has 0 spiro atoms. The molecular formula is C19H27ClN2O2S. The van der Waals surface area contributed by atoms with Crippen LogP contribution in [0.25, 0.3) is 0 Å². The number of rotatable bonds is 7. The second kappa shape index (κ2) is 10.7. The second-order valence-corrected chi connectivity index (χ2v) is 7.88. The minimum Gasteiger partial charge on any atom is -0.352 e. The van der Waals surface area contributed by atoms with E-state index in [2.05, 4.69) is 10.6 Å². The van der Waals surface area contributed by atoms with Crippen molar-refractivity contribution < 1.29 is 9.59 Å². The Kier molecular flexibility index (Phi) is 8.62. The third-order valence-corrected chi connectivity index (χ3v) is 5.53. The fourth-order valence-corrected chi connectivity index (χ4v) is 3.80. The monoisotopic (exact) mass is 382 g/mol. The molecule has 0 bridgehead atoms. The molecule has 25 heavy (non-hydrogen) atoms. The van der Waals surface area contributed by atoms with Crippen LogP contribution in [0, 0.1) is 0 Å². The molecule has 0 heterocycles. The van der Waals surface area contributed by atoms with Gasteiger partial charge in [-0.15, -0.1) is 0 Å². The summed E-state index contributed by atoms with van der Waals surface area (Å²) in [5, 5.41) is 6.40. The smallest absolute Gasteiger partial charge is 0.253 e. The predicted octanol–water partition coefficient (Wildman–Crippen LogP) is 4.03. The lowest BCUT2D eigenvalue weighted by Crippen LogP contribution is -2.49. The number of hydrogen-bond donors (Lipinski definition) is 2. The number of nitrogens with one attached hydrogen (secondary N) is 2. The zero-order valence-corrected chi connectivity index (χ0v) is 16.3. The zero-order chi connectivity index (χ0) is 18.1. The Bertz CT molecular complexity index is 574. The van der Waals surface area contributed by atoms with Crippen molar-refractivity contribution in [1.29, 1.82) is 0 Å². The van der Waals surface area contributed by atoms with E-state index >= 15 is 0 Å². The lowest BCUT2D eigenvalue weighted by Gasteiger charge is -2.22. The van der Waals surface area contributed by atoms with Crippen molar-refractivity contribution in [1.82, 2.24) is 10.6 Å². The topological polar surface area (TPSA) is 58.2 Å². The van der Waals surface area contributed by atoms with Gasteiger partial charge in [0, 0.05) is 6.04 Å². The first-order valence-electron chi connectivity index (χ1n) is 8.96. The van der Waals surface area contributed by atoms with Crippen LogP contribution in [0.2, 0.25) is 5.02 Å². The van der Waals surface area contributed by atoms with E-state index in [1.807, 2.05) is 6.26 Å². The Labute approximate surface area is 159 Å². The molecule has 1 atom stereocenters. The normalized spacial score (nSPS) is 16.7. The van der Waals surface area contributed by atoms with Gasteiger partial charge in [0.15, 0.2) is 0 Å². The summed E-state index contributed by atoms with van der Waals surface area (Å²) in [6.07, 6.45) is 9.46. The second-order valence-electron chi connectivity index (χ2n) is 6.48. The van der Waals surface area contributed by atoms with Gasteiger partial charge >= 0.3 is 0 Å². The number of thioether (sulfide) groups is 1. The number of carbonyl (C=O) groups is 2. The third-order valence-electron chi connectivity index (χ3n) is 4.55. The van der Waals surface area contributed by atoms with Crippen LogP contribution in [0.3, 0.4) is 0 Å². The van der Waals surface area contributed by atoms with Crippen LogP contribution < -0.4 is 10.6 Å². The fourth-order valence-electron chi connectivity index (χ4n) is 3.11. The molecule has 1 saturated carbocycles. The number of halogens is 1. The van der Waals surface area contributed by atoms with Gasteiger partial charge in [-0.1, -0.05) is 49.4 Å². The number of benzene rings is 1. The summed E-state index contributed by atoms with van der Waals surface area (Å²) in [5.74, 6) is 0.431. The van der Waals surface area contributed by atoms with Gasteiger partial charge in [0.25, 0.3) is 5.91 Å². The zero-order valence-electron chi connectivity index (χ0n) is 14.7. The van der Waals surface area contributed by atoms with E-state index in [0.29, 0.717) is 17.0 Å². The number of hydrogen-bond acceptors (Lipinski definition) is 3. The highest BCUT2D eigenvalue weighted by molar-refractivity contribution is 7.98. The van der Waals surface area contributed by atoms with Crippen molar-refractivity contribution in [2.75, 3.05) is 12.0 Å². The predicted molar refractivity (Wildman–Crippen MR) is 105 cm³/mol. The number of carbonyl (C=O) groups excluding carboxylic acids is 2. The molecule has 1 aliphatic carbocycles. The summed E-state index contributed by atoms with van der Waals surface area (Å²) >= 11 is 7.76. The van der Waals surface area contributed by atoms with Gasteiger partial charge < -0.3 is 10.6 Å². The maximum atomic E-state index is 12.7. The lowest BCUT2D eigenvalue weighted by molar-refractivity contribution is -0.123. The summed E-state index contributed by atoms with van der Waals surface area (Å²) in [4.78, 5) is 25.2. The molecule has 6 heteroatoms. The van der Waals surface area contributed by atoms with Crippen LogP contribution in [0.15, 0.2) is 24.3 Å². The Morgan fingerprint density at radius 1 is 1.20 bits per heavy atom. The van der Waals surface area contributed by atoms with Crippen molar-refractivity contribution >= 4 is 35.2 Å². The molecular weight excluding hydrogens is 356 g/mol. The van der Waals surface area contributed by atoms with E-state index < -0.39 is 6.04 Å². The molecule has 0 saturated heterocycles. The first kappa shape index (κ1) is 20.1. The van der Waals surface area contributed by atoms with Crippen LogP contribution in [0.1, 0.15) is 55.3 Å². The molecule has 2 rings (SSSR count). The van der Waals surface area contributed by atoms with Gasteiger partial charge in [0.1, 0.15) is 6.04 Å². The Balaban J connectivity index is 2.00. The van der Waals surface area contributed by atoms with E-state index in [0.717, 1.165) is 31.4 Å². The Morgan fingerprint density at radius 3 is 2.52 bits per heavy atom. The lowest BCUT2D eigenvalue weighted by atomic mass is 10.1. The molecule has 1 fully saturated rings. The molecule has 0 radical (unpaired) electrons. The minimum atomic E-state index is -0.528. The van der Waals surface area contributed by atoms with Gasteiger partial charge in [-0.05, 0) is 43.4 Å². The average molecular weight is 383 g/mol. The molecule has 1 aromatic rings. The van der Waals surface area contributed by atoms with Crippen LogP contribution in [0.5, 0.6) is 0 Å². The van der Waals surface area contributed by atoms with Crippen molar-refractivity contribution in [3.05, 3.63) is 34.9 Å². The summed E-state index contributed by atoms with van der Waals surface area (Å²) in [6.45, 7) is 0. The SMILES string of the molecule is CSCC[C@H](NC(=O)c1ccccc1Cl)C(=O)NC1CCCCCC1. The molecule has 1 aromatic carbocycles. The van der Waals surface area contributed by atoms with E-state index in [9.17, 15) is 9.59 Å².